The molecule has 0 bridgehead atoms. The van der Waals surface area contributed by atoms with Gasteiger partial charge in [0.25, 0.3) is 5.91 Å². The quantitative estimate of drug-likeness (QED) is 0.792. The summed E-state index contributed by atoms with van der Waals surface area (Å²) in [5, 5.41) is 11.0. The number of carbonyl (C=O) groups is 1. The smallest absolute Gasteiger partial charge is 0.272 e. The Labute approximate surface area is 139 Å². The lowest BCUT2D eigenvalue weighted by molar-refractivity contribution is 0.0947. The molecule has 0 aromatic carbocycles. The largest absolute Gasteiger partial charge is 0.350 e. The minimum atomic E-state index is -0.407. The number of hydrogen-bond acceptors (Lipinski definition) is 6. The van der Waals surface area contributed by atoms with E-state index in [2.05, 4.69) is 36.4 Å². The number of amides is 1. The standard InChI is InChI=1S/C17H16N6O/c1-2-3-6-17(22-23-17)7-10-21-16(24)15-14(19-11-12-20-15)13-4-8-18-9-5-13/h1,4-5,8-9,11-12H,3,6-7,10H2,(H,21,24). The van der Waals surface area contributed by atoms with E-state index in [4.69, 9.17) is 6.42 Å². The molecule has 0 unspecified atom stereocenters. The predicted octanol–water partition coefficient (Wildman–Crippen LogP) is 2.23. The molecule has 1 N–H and O–H groups in total. The summed E-state index contributed by atoms with van der Waals surface area (Å²) in [6, 6.07) is 3.58. The molecular formula is C17H16N6O. The summed E-state index contributed by atoms with van der Waals surface area (Å²) in [5.41, 5.74) is 1.20. The molecule has 0 fully saturated rings. The molecule has 24 heavy (non-hydrogen) atoms. The van der Waals surface area contributed by atoms with Crippen LogP contribution < -0.4 is 5.32 Å². The van der Waals surface area contributed by atoms with Crippen molar-refractivity contribution in [1.82, 2.24) is 20.3 Å². The van der Waals surface area contributed by atoms with Crippen molar-refractivity contribution in [2.75, 3.05) is 6.54 Å². The van der Waals surface area contributed by atoms with Gasteiger partial charge >= 0.3 is 0 Å². The molecule has 0 atom stereocenters. The van der Waals surface area contributed by atoms with E-state index < -0.39 is 5.66 Å². The van der Waals surface area contributed by atoms with E-state index in [0.29, 0.717) is 31.5 Å². The number of pyridine rings is 1. The summed E-state index contributed by atoms with van der Waals surface area (Å²) in [6.45, 7) is 0.447. The maximum Gasteiger partial charge on any atom is 0.272 e. The van der Waals surface area contributed by atoms with E-state index in [1.54, 1.807) is 30.7 Å². The lowest BCUT2D eigenvalue weighted by Crippen LogP contribution is -2.29. The van der Waals surface area contributed by atoms with Gasteiger partial charge in [0, 0.05) is 56.2 Å². The zero-order valence-electron chi connectivity index (χ0n) is 13.0. The number of hydrogen-bond donors (Lipinski definition) is 1. The van der Waals surface area contributed by atoms with Gasteiger partial charge in [0.2, 0.25) is 0 Å². The van der Waals surface area contributed by atoms with E-state index in [-0.39, 0.29) is 11.6 Å². The number of rotatable bonds is 7. The van der Waals surface area contributed by atoms with Gasteiger partial charge in [0.05, 0.1) is 0 Å². The van der Waals surface area contributed by atoms with Gasteiger partial charge in [0.1, 0.15) is 5.69 Å². The third-order valence-electron chi connectivity index (χ3n) is 3.73. The average molecular weight is 320 g/mol. The molecule has 7 nitrogen and oxygen atoms in total. The van der Waals surface area contributed by atoms with Crippen molar-refractivity contribution in [3.05, 3.63) is 42.6 Å². The van der Waals surface area contributed by atoms with E-state index in [0.717, 1.165) is 5.56 Å². The van der Waals surface area contributed by atoms with Gasteiger partial charge in [-0.15, -0.1) is 12.3 Å². The number of nitrogens with zero attached hydrogens (tertiary/aromatic N) is 5. The van der Waals surface area contributed by atoms with Gasteiger partial charge in [-0.3, -0.25) is 14.8 Å². The van der Waals surface area contributed by atoms with Crippen LogP contribution in [0.3, 0.4) is 0 Å². The highest BCUT2D eigenvalue weighted by atomic mass is 16.1. The second-order valence-electron chi connectivity index (χ2n) is 5.38. The van der Waals surface area contributed by atoms with Crippen molar-refractivity contribution in [2.45, 2.75) is 24.9 Å². The van der Waals surface area contributed by atoms with E-state index in [1.165, 1.54) is 6.20 Å². The minimum Gasteiger partial charge on any atom is -0.350 e. The molecule has 0 aliphatic carbocycles. The van der Waals surface area contributed by atoms with Crippen molar-refractivity contribution in [1.29, 1.82) is 0 Å². The normalized spacial score (nSPS) is 14.0. The molecule has 1 aliphatic heterocycles. The zero-order valence-corrected chi connectivity index (χ0v) is 13.0. The van der Waals surface area contributed by atoms with Crippen molar-refractivity contribution < 1.29 is 4.79 Å². The molecule has 120 valence electrons. The van der Waals surface area contributed by atoms with Crippen LogP contribution in [0.25, 0.3) is 11.3 Å². The fourth-order valence-electron chi connectivity index (χ4n) is 2.35. The first-order valence-electron chi connectivity index (χ1n) is 7.61. The Hall–Kier alpha value is -3.14. The van der Waals surface area contributed by atoms with Crippen LogP contribution in [0.5, 0.6) is 0 Å². The second-order valence-corrected chi connectivity index (χ2v) is 5.38. The van der Waals surface area contributed by atoms with Crippen LogP contribution in [-0.4, -0.2) is 33.1 Å². The summed E-state index contributed by atoms with van der Waals surface area (Å²) < 4.78 is 0. The van der Waals surface area contributed by atoms with Crippen LogP contribution in [0.4, 0.5) is 0 Å². The lowest BCUT2D eigenvalue weighted by atomic mass is 10.0. The minimum absolute atomic E-state index is 0.275. The van der Waals surface area contributed by atoms with Crippen LogP contribution in [0, 0.1) is 12.3 Å². The molecule has 2 aromatic rings. The molecule has 0 saturated heterocycles. The Balaban J connectivity index is 1.63. The van der Waals surface area contributed by atoms with Gasteiger partial charge in [0.15, 0.2) is 11.4 Å². The zero-order chi connectivity index (χ0) is 16.8. The molecule has 0 radical (unpaired) electrons. The average Bonchev–Trinajstić information content (AvgIpc) is 3.41. The molecular weight excluding hydrogens is 304 g/mol. The van der Waals surface area contributed by atoms with Crippen molar-refractivity contribution in [2.24, 2.45) is 10.2 Å². The SMILES string of the molecule is C#CCCC1(CCNC(=O)c2nccnc2-c2ccncc2)N=N1. The number of nitrogens with one attached hydrogen (secondary N) is 1. The molecule has 7 heteroatoms. The summed E-state index contributed by atoms with van der Waals surface area (Å²) in [6.07, 6.45) is 13.6. The van der Waals surface area contributed by atoms with Crippen LogP contribution in [0.2, 0.25) is 0 Å². The van der Waals surface area contributed by atoms with E-state index >= 15 is 0 Å². The molecule has 1 amide bonds. The van der Waals surface area contributed by atoms with E-state index in [1.807, 2.05) is 0 Å². The third kappa shape index (κ3) is 3.60. The Morgan fingerprint density at radius 1 is 1.12 bits per heavy atom. The van der Waals surface area contributed by atoms with Gasteiger partial charge in [-0.25, -0.2) is 4.98 Å². The molecule has 2 aromatic heterocycles. The number of aromatic nitrogens is 3. The predicted molar refractivity (Wildman–Crippen MR) is 87.9 cm³/mol. The van der Waals surface area contributed by atoms with Gasteiger partial charge in [-0.1, -0.05) is 0 Å². The van der Waals surface area contributed by atoms with Crippen molar-refractivity contribution in [3.8, 4) is 23.6 Å². The highest BCUT2D eigenvalue weighted by Crippen LogP contribution is 2.36. The molecule has 0 saturated carbocycles. The first-order valence-corrected chi connectivity index (χ1v) is 7.61. The number of carbonyl (C=O) groups excluding carboxylic acids is 1. The first kappa shape index (κ1) is 15.7. The topological polar surface area (TPSA) is 92.5 Å². The Morgan fingerprint density at radius 2 is 1.88 bits per heavy atom. The summed E-state index contributed by atoms with van der Waals surface area (Å²) in [4.78, 5) is 24.8. The third-order valence-corrected chi connectivity index (χ3v) is 3.73. The summed E-state index contributed by atoms with van der Waals surface area (Å²) in [5.74, 6) is 2.31. The van der Waals surface area contributed by atoms with Gasteiger partial charge < -0.3 is 5.32 Å². The fourth-order valence-corrected chi connectivity index (χ4v) is 2.35. The Kier molecular flexibility index (Phi) is 4.57. The van der Waals surface area contributed by atoms with E-state index in [9.17, 15) is 4.79 Å². The van der Waals surface area contributed by atoms with Crippen LogP contribution >= 0.6 is 0 Å². The molecule has 3 heterocycles. The molecule has 0 spiro atoms. The maximum absolute atomic E-state index is 12.4. The fraction of sp³-hybridized carbons (Fsp3) is 0.294. The van der Waals surface area contributed by atoms with Crippen molar-refractivity contribution >= 4 is 5.91 Å². The van der Waals surface area contributed by atoms with Gasteiger partial charge in [-0.05, 0) is 12.1 Å². The lowest BCUT2D eigenvalue weighted by Gasteiger charge is -2.11. The van der Waals surface area contributed by atoms with Crippen LogP contribution in [0.15, 0.2) is 47.1 Å². The summed E-state index contributed by atoms with van der Waals surface area (Å²) >= 11 is 0. The Bertz CT molecular complexity index is 790. The molecule has 1 aliphatic rings. The van der Waals surface area contributed by atoms with Gasteiger partial charge in [-0.2, -0.15) is 10.2 Å². The highest BCUT2D eigenvalue weighted by Gasteiger charge is 2.38. The highest BCUT2D eigenvalue weighted by molar-refractivity contribution is 5.97. The monoisotopic (exact) mass is 320 g/mol. The summed E-state index contributed by atoms with van der Waals surface area (Å²) in [7, 11) is 0. The van der Waals surface area contributed by atoms with Crippen LogP contribution in [0.1, 0.15) is 29.8 Å². The van der Waals surface area contributed by atoms with Crippen molar-refractivity contribution in [3.63, 3.8) is 0 Å². The number of terminal acetylenes is 1. The first-order chi connectivity index (χ1) is 11.7. The maximum atomic E-state index is 12.4. The van der Waals surface area contributed by atoms with Crippen LogP contribution in [-0.2, 0) is 0 Å². The second kappa shape index (κ2) is 6.96. The molecule has 3 rings (SSSR count). The Morgan fingerprint density at radius 3 is 2.58 bits per heavy atom.